The maximum absolute atomic E-state index is 12.5. The molecule has 0 bridgehead atoms. The Balaban J connectivity index is 1.63. The van der Waals surface area contributed by atoms with Crippen molar-refractivity contribution in [2.75, 3.05) is 31.8 Å². The number of hydrogen-bond donors (Lipinski definition) is 0. The van der Waals surface area contributed by atoms with Gasteiger partial charge in [-0.25, -0.2) is 4.98 Å². The first-order valence-electron chi connectivity index (χ1n) is 8.55. The molecule has 0 aliphatic carbocycles. The van der Waals surface area contributed by atoms with Gasteiger partial charge in [0.15, 0.2) is 0 Å². The molecule has 0 amide bonds. The summed E-state index contributed by atoms with van der Waals surface area (Å²) in [5, 5.41) is 0. The van der Waals surface area contributed by atoms with E-state index in [0.29, 0.717) is 12.3 Å². The molecule has 3 aromatic rings. The van der Waals surface area contributed by atoms with Crippen LogP contribution in [-0.4, -0.2) is 36.3 Å². The van der Waals surface area contributed by atoms with Crippen molar-refractivity contribution in [3.8, 4) is 5.75 Å². The minimum Gasteiger partial charge on any atom is -0.497 e. The van der Waals surface area contributed by atoms with Gasteiger partial charge >= 0.3 is 0 Å². The number of alkyl halides is 1. The summed E-state index contributed by atoms with van der Waals surface area (Å²) in [4.78, 5) is 7.11. The Morgan fingerprint density at radius 2 is 2.04 bits per heavy atom. The Labute approximate surface area is 140 Å². The summed E-state index contributed by atoms with van der Waals surface area (Å²) in [6.45, 7) is 1.80. The van der Waals surface area contributed by atoms with Gasteiger partial charge in [-0.1, -0.05) is 0 Å². The van der Waals surface area contributed by atoms with Gasteiger partial charge in [-0.2, -0.15) is 0 Å². The molecule has 2 aromatic heterocycles. The van der Waals surface area contributed by atoms with Crippen molar-refractivity contribution in [1.29, 1.82) is 0 Å². The van der Waals surface area contributed by atoms with Gasteiger partial charge in [0.1, 0.15) is 11.4 Å². The van der Waals surface area contributed by atoms with Crippen LogP contribution in [0.1, 0.15) is 19.3 Å². The topological polar surface area (TPSA) is 29.8 Å². The molecule has 1 saturated heterocycles. The number of methoxy groups -OCH3 is 1. The van der Waals surface area contributed by atoms with Crippen LogP contribution in [0.2, 0.25) is 0 Å². The Hall–Kier alpha value is -2.30. The van der Waals surface area contributed by atoms with Gasteiger partial charge in [0.2, 0.25) is 0 Å². The zero-order valence-electron chi connectivity index (χ0n) is 13.9. The van der Waals surface area contributed by atoms with Crippen LogP contribution < -0.4 is 9.64 Å². The number of pyridine rings is 1. The molecule has 1 aromatic carbocycles. The van der Waals surface area contributed by atoms with E-state index in [1.807, 2.05) is 18.2 Å². The van der Waals surface area contributed by atoms with Gasteiger partial charge in [-0.05, 0) is 43.4 Å². The smallest absolute Gasteiger partial charge is 0.139 e. The molecule has 0 N–H and O–H groups in total. The van der Waals surface area contributed by atoms with E-state index in [-0.39, 0.29) is 6.67 Å². The van der Waals surface area contributed by atoms with E-state index in [1.165, 1.54) is 5.69 Å². The first-order chi connectivity index (χ1) is 11.8. The highest BCUT2D eigenvalue weighted by Crippen LogP contribution is 2.28. The lowest BCUT2D eigenvalue weighted by atomic mass is 9.94. The number of benzene rings is 1. The molecule has 0 spiro atoms. The van der Waals surface area contributed by atoms with Crippen molar-refractivity contribution in [3.05, 3.63) is 36.5 Å². The highest BCUT2D eigenvalue weighted by Gasteiger charge is 2.19. The van der Waals surface area contributed by atoms with E-state index in [1.54, 1.807) is 7.11 Å². The summed E-state index contributed by atoms with van der Waals surface area (Å²) in [5.41, 5.74) is 4.16. The fraction of sp³-hybridized carbons (Fsp3) is 0.421. The summed E-state index contributed by atoms with van der Waals surface area (Å²) < 4.78 is 19.9. The molecule has 24 heavy (non-hydrogen) atoms. The van der Waals surface area contributed by atoms with Crippen LogP contribution in [0.3, 0.4) is 0 Å². The molecular formula is C19H22FN3O. The lowest BCUT2D eigenvalue weighted by Gasteiger charge is -2.33. The third kappa shape index (κ3) is 2.68. The first-order valence-corrected chi connectivity index (χ1v) is 8.55. The van der Waals surface area contributed by atoms with Crippen LogP contribution in [0.15, 0.2) is 36.5 Å². The monoisotopic (exact) mass is 326 g/mol. The Bertz CT molecular complexity index is 852. The van der Waals surface area contributed by atoms with Gasteiger partial charge in [0, 0.05) is 37.1 Å². The third-order valence-corrected chi connectivity index (χ3v) is 5.09. The molecular weight excluding hydrogens is 304 g/mol. The maximum atomic E-state index is 12.5. The summed E-state index contributed by atoms with van der Waals surface area (Å²) in [6, 6.07) is 10.2. The summed E-state index contributed by atoms with van der Waals surface area (Å²) in [6.07, 6.45) is 4.93. The van der Waals surface area contributed by atoms with Gasteiger partial charge in [-0.3, -0.25) is 8.79 Å². The molecule has 0 atom stereocenters. The van der Waals surface area contributed by atoms with Crippen molar-refractivity contribution in [3.63, 3.8) is 0 Å². The molecule has 3 heterocycles. The molecule has 0 unspecified atom stereocenters. The van der Waals surface area contributed by atoms with Crippen molar-refractivity contribution in [2.45, 2.75) is 19.3 Å². The quantitative estimate of drug-likeness (QED) is 0.724. The molecule has 0 radical (unpaired) electrons. The number of ether oxygens (including phenoxy) is 1. The second-order valence-corrected chi connectivity index (χ2v) is 6.49. The number of aromatic nitrogens is 2. The lowest BCUT2D eigenvalue weighted by Crippen LogP contribution is -2.33. The van der Waals surface area contributed by atoms with Crippen LogP contribution in [-0.2, 0) is 0 Å². The predicted molar refractivity (Wildman–Crippen MR) is 94.8 cm³/mol. The maximum Gasteiger partial charge on any atom is 0.139 e. The van der Waals surface area contributed by atoms with E-state index in [2.05, 4.69) is 27.6 Å². The molecule has 1 fully saturated rings. The normalized spacial score (nSPS) is 16.2. The number of hydrogen-bond acceptors (Lipinski definition) is 3. The number of rotatable bonds is 4. The van der Waals surface area contributed by atoms with Crippen LogP contribution in [0, 0.1) is 5.92 Å². The molecule has 5 heteroatoms. The van der Waals surface area contributed by atoms with Gasteiger partial charge in [-0.15, -0.1) is 0 Å². The molecule has 4 rings (SSSR count). The molecule has 1 aliphatic heterocycles. The summed E-state index contributed by atoms with van der Waals surface area (Å²) >= 11 is 0. The van der Waals surface area contributed by atoms with E-state index < -0.39 is 0 Å². The van der Waals surface area contributed by atoms with E-state index in [9.17, 15) is 4.39 Å². The fourth-order valence-corrected chi connectivity index (χ4v) is 3.64. The van der Waals surface area contributed by atoms with Crippen molar-refractivity contribution in [2.24, 2.45) is 5.92 Å². The van der Waals surface area contributed by atoms with Gasteiger partial charge in [0.05, 0.1) is 24.8 Å². The van der Waals surface area contributed by atoms with Crippen molar-refractivity contribution >= 4 is 22.4 Å². The van der Waals surface area contributed by atoms with E-state index >= 15 is 0 Å². The third-order valence-electron chi connectivity index (χ3n) is 5.09. The van der Waals surface area contributed by atoms with Gasteiger partial charge in [0.25, 0.3) is 0 Å². The SMILES string of the molecule is COc1ccc2nc3cc(N4CCC(CC[18F])CC4)ccn3c2c1. The first kappa shape index (κ1) is 15.2. The molecule has 126 valence electrons. The summed E-state index contributed by atoms with van der Waals surface area (Å²) in [7, 11) is 1.68. The number of fused-ring (bicyclic) bond motifs is 3. The zero-order chi connectivity index (χ0) is 16.5. The highest BCUT2D eigenvalue weighted by atomic mass is 18.2. The Morgan fingerprint density at radius 1 is 1.21 bits per heavy atom. The number of nitrogens with zero attached hydrogens (tertiary/aromatic N) is 3. The Kier molecular flexibility index (Phi) is 4.00. The number of anilines is 1. The second kappa shape index (κ2) is 6.30. The van der Waals surface area contributed by atoms with E-state index in [4.69, 9.17) is 9.72 Å². The average molecular weight is 326 g/mol. The van der Waals surface area contributed by atoms with Crippen LogP contribution in [0.5, 0.6) is 5.75 Å². The van der Waals surface area contributed by atoms with Gasteiger partial charge < -0.3 is 9.64 Å². The minimum absolute atomic E-state index is 0.194. The average Bonchev–Trinajstić information content (AvgIpc) is 2.99. The Morgan fingerprint density at radius 3 is 2.79 bits per heavy atom. The van der Waals surface area contributed by atoms with Crippen LogP contribution in [0.4, 0.5) is 10.1 Å². The molecule has 0 saturated carbocycles. The van der Waals surface area contributed by atoms with Crippen molar-refractivity contribution < 1.29 is 9.13 Å². The van der Waals surface area contributed by atoms with Crippen molar-refractivity contribution in [1.82, 2.24) is 9.38 Å². The van der Waals surface area contributed by atoms with Crippen LogP contribution in [0.25, 0.3) is 16.7 Å². The number of piperidine rings is 1. The fourth-order valence-electron chi connectivity index (χ4n) is 3.64. The highest BCUT2D eigenvalue weighted by molar-refractivity contribution is 5.82. The standard InChI is InChI=1S/C19H22FN3O/c1-24-16-2-3-17-18(13-16)23-11-7-15(12-19(23)21-17)22-9-5-14(4-8-20)6-10-22/h2-3,7,11-14H,4-6,8-10H2,1H3/i20-1. The minimum atomic E-state index is -0.194. The number of halogens is 1. The van der Waals surface area contributed by atoms with Crippen LogP contribution >= 0.6 is 0 Å². The predicted octanol–water partition coefficient (Wildman–Crippen LogP) is 4.07. The zero-order valence-corrected chi connectivity index (χ0v) is 13.9. The largest absolute Gasteiger partial charge is 0.497 e. The second-order valence-electron chi connectivity index (χ2n) is 6.49. The number of imidazole rings is 1. The molecule has 1 aliphatic rings. The summed E-state index contributed by atoms with van der Waals surface area (Å²) in [5.74, 6) is 1.37. The lowest BCUT2D eigenvalue weighted by molar-refractivity contribution is 0.332. The van der Waals surface area contributed by atoms with E-state index in [0.717, 1.165) is 48.4 Å². The molecule has 4 nitrogen and oxygen atoms in total.